The number of hydrogen-bond acceptors (Lipinski definition) is 3. The molecule has 6 heteroatoms. The van der Waals surface area contributed by atoms with E-state index in [1.807, 2.05) is 18.2 Å². The quantitative estimate of drug-likeness (QED) is 0.790. The van der Waals surface area contributed by atoms with Crippen molar-refractivity contribution in [3.8, 4) is 0 Å². The summed E-state index contributed by atoms with van der Waals surface area (Å²) in [7, 11) is 0. The molecule has 4 rings (SSSR count). The van der Waals surface area contributed by atoms with Gasteiger partial charge in [0.1, 0.15) is 17.2 Å². The number of hydrogen-bond donors (Lipinski definition) is 1. The first-order valence-electron chi connectivity index (χ1n) is 7.22. The largest absolute Gasteiger partial charge is 0.307 e. The summed E-state index contributed by atoms with van der Waals surface area (Å²) >= 11 is 0. The van der Waals surface area contributed by atoms with Crippen molar-refractivity contribution in [1.29, 1.82) is 0 Å². The zero-order chi connectivity index (χ0) is 16.0. The van der Waals surface area contributed by atoms with Gasteiger partial charge in [-0.15, -0.1) is 0 Å². The lowest BCUT2D eigenvalue weighted by molar-refractivity contribution is 0.102. The van der Waals surface area contributed by atoms with Crippen molar-refractivity contribution in [3.63, 3.8) is 0 Å². The highest BCUT2D eigenvalue weighted by Gasteiger charge is 2.21. The van der Waals surface area contributed by atoms with Gasteiger partial charge in [0.2, 0.25) is 0 Å². The second kappa shape index (κ2) is 5.01. The van der Waals surface area contributed by atoms with Gasteiger partial charge in [-0.25, -0.2) is 9.37 Å². The van der Waals surface area contributed by atoms with E-state index in [4.69, 9.17) is 0 Å². The summed E-state index contributed by atoms with van der Waals surface area (Å²) in [6, 6.07) is 9.94. The van der Waals surface area contributed by atoms with Crippen LogP contribution in [0.1, 0.15) is 15.9 Å². The lowest BCUT2D eigenvalue weighted by atomic mass is 10.1. The molecule has 0 radical (unpaired) electrons. The summed E-state index contributed by atoms with van der Waals surface area (Å²) in [5, 5.41) is 3.39. The molecule has 0 saturated carbocycles. The van der Waals surface area contributed by atoms with Crippen molar-refractivity contribution in [2.24, 2.45) is 0 Å². The van der Waals surface area contributed by atoms with Crippen LogP contribution in [0.2, 0.25) is 0 Å². The minimum Gasteiger partial charge on any atom is -0.307 e. The van der Waals surface area contributed by atoms with Gasteiger partial charge in [0, 0.05) is 6.54 Å². The summed E-state index contributed by atoms with van der Waals surface area (Å²) in [6.45, 7) is 0.574. The summed E-state index contributed by atoms with van der Waals surface area (Å²) < 4.78 is 14.5. The van der Waals surface area contributed by atoms with E-state index in [-0.39, 0.29) is 16.9 Å². The maximum atomic E-state index is 12.9. The van der Waals surface area contributed by atoms with Crippen LogP contribution in [0.25, 0.3) is 10.9 Å². The topological polar surface area (TPSA) is 64.0 Å². The van der Waals surface area contributed by atoms with Crippen molar-refractivity contribution in [3.05, 3.63) is 69.9 Å². The molecule has 1 amide bonds. The first kappa shape index (κ1) is 13.6. The molecule has 3 heterocycles. The van der Waals surface area contributed by atoms with E-state index < -0.39 is 11.7 Å². The molecule has 5 nitrogen and oxygen atoms in total. The standard InChI is InChI=1S/C17H12FN3O2/c18-12-4-5-14(19-9-12)20-16(22)13-8-11-3-1-2-10-6-7-21(15(10)11)17(13)23/h1-5,8-9H,6-7H2,(H,19,20,22). The molecular formula is C17H12FN3O2. The monoisotopic (exact) mass is 309 g/mol. The minimum absolute atomic E-state index is 0.0580. The molecule has 0 saturated heterocycles. The molecule has 0 spiro atoms. The third-order valence-electron chi connectivity index (χ3n) is 4.01. The zero-order valence-electron chi connectivity index (χ0n) is 12.0. The molecular weight excluding hydrogens is 297 g/mol. The number of aryl methyl sites for hydroxylation is 2. The van der Waals surface area contributed by atoms with Gasteiger partial charge in [0.25, 0.3) is 11.5 Å². The molecule has 114 valence electrons. The number of nitrogens with one attached hydrogen (secondary N) is 1. The van der Waals surface area contributed by atoms with E-state index in [2.05, 4.69) is 10.3 Å². The van der Waals surface area contributed by atoms with Gasteiger partial charge in [-0.05, 0) is 35.6 Å². The molecule has 1 aliphatic heterocycles. The average molecular weight is 309 g/mol. The van der Waals surface area contributed by atoms with Gasteiger partial charge >= 0.3 is 0 Å². The molecule has 0 fully saturated rings. The van der Waals surface area contributed by atoms with Crippen LogP contribution in [0.3, 0.4) is 0 Å². The van der Waals surface area contributed by atoms with Crippen molar-refractivity contribution >= 4 is 22.6 Å². The minimum atomic E-state index is -0.544. The van der Waals surface area contributed by atoms with Crippen LogP contribution in [-0.4, -0.2) is 15.5 Å². The Balaban J connectivity index is 1.78. The first-order chi connectivity index (χ1) is 11.1. The normalized spacial score (nSPS) is 12.6. The van der Waals surface area contributed by atoms with Gasteiger partial charge in [-0.1, -0.05) is 18.2 Å². The number of carbonyl (C=O) groups excluding carboxylic acids is 1. The maximum absolute atomic E-state index is 12.9. The molecule has 0 bridgehead atoms. The third kappa shape index (κ3) is 2.19. The molecule has 0 aliphatic carbocycles. The van der Waals surface area contributed by atoms with Crippen LogP contribution in [0, 0.1) is 5.82 Å². The van der Waals surface area contributed by atoms with Gasteiger partial charge in [-0.3, -0.25) is 9.59 Å². The Bertz CT molecular complexity index is 993. The highest BCUT2D eigenvalue weighted by atomic mass is 19.1. The number of benzene rings is 1. The molecule has 0 unspecified atom stereocenters. The zero-order valence-corrected chi connectivity index (χ0v) is 12.0. The first-order valence-corrected chi connectivity index (χ1v) is 7.22. The predicted octanol–water partition coefficient (Wildman–Crippen LogP) is 2.34. The lowest BCUT2D eigenvalue weighted by Gasteiger charge is -2.08. The Hall–Kier alpha value is -3.02. The summed E-state index contributed by atoms with van der Waals surface area (Å²) in [6.07, 6.45) is 1.80. The van der Waals surface area contributed by atoms with Gasteiger partial charge in [-0.2, -0.15) is 0 Å². The predicted molar refractivity (Wildman–Crippen MR) is 84.1 cm³/mol. The van der Waals surface area contributed by atoms with Crippen molar-refractivity contribution < 1.29 is 9.18 Å². The number of aromatic nitrogens is 2. The molecule has 1 N–H and O–H groups in total. The molecule has 1 aliphatic rings. The molecule has 23 heavy (non-hydrogen) atoms. The highest BCUT2D eigenvalue weighted by molar-refractivity contribution is 6.05. The highest BCUT2D eigenvalue weighted by Crippen LogP contribution is 2.24. The Morgan fingerprint density at radius 2 is 2.13 bits per heavy atom. The molecule has 0 atom stereocenters. The fourth-order valence-corrected chi connectivity index (χ4v) is 2.96. The van der Waals surface area contributed by atoms with Gasteiger partial charge in [0.05, 0.1) is 11.7 Å². The van der Waals surface area contributed by atoms with Crippen LogP contribution in [0.5, 0.6) is 0 Å². The number of halogens is 1. The van der Waals surface area contributed by atoms with E-state index in [1.165, 1.54) is 12.1 Å². The van der Waals surface area contributed by atoms with E-state index in [0.717, 1.165) is 29.1 Å². The van der Waals surface area contributed by atoms with E-state index in [1.54, 1.807) is 10.6 Å². The van der Waals surface area contributed by atoms with Crippen molar-refractivity contribution in [2.45, 2.75) is 13.0 Å². The Morgan fingerprint density at radius 3 is 2.91 bits per heavy atom. The van der Waals surface area contributed by atoms with Crippen LogP contribution in [0.4, 0.5) is 10.2 Å². The lowest BCUT2D eigenvalue weighted by Crippen LogP contribution is -2.28. The summed E-state index contributed by atoms with van der Waals surface area (Å²) in [5.74, 6) is -0.836. The van der Waals surface area contributed by atoms with E-state index in [0.29, 0.717) is 6.54 Å². The van der Waals surface area contributed by atoms with Crippen LogP contribution in [-0.2, 0) is 13.0 Å². The number of nitrogens with zero attached hydrogens (tertiary/aromatic N) is 2. The smallest absolute Gasteiger partial charge is 0.263 e. The number of para-hydroxylation sites is 1. The number of pyridine rings is 2. The van der Waals surface area contributed by atoms with Crippen molar-refractivity contribution in [1.82, 2.24) is 9.55 Å². The Morgan fingerprint density at radius 1 is 1.26 bits per heavy atom. The van der Waals surface area contributed by atoms with E-state index in [9.17, 15) is 14.0 Å². The fraction of sp³-hybridized carbons (Fsp3) is 0.118. The number of amides is 1. The summed E-state index contributed by atoms with van der Waals surface area (Å²) in [5.41, 5.74) is 1.76. The van der Waals surface area contributed by atoms with Crippen molar-refractivity contribution in [2.75, 3.05) is 5.32 Å². The number of carbonyl (C=O) groups is 1. The Kier molecular flexibility index (Phi) is 2.97. The number of rotatable bonds is 2. The third-order valence-corrected chi connectivity index (χ3v) is 4.01. The number of anilines is 1. The van der Waals surface area contributed by atoms with Gasteiger partial charge in [0.15, 0.2) is 0 Å². The molecule has 2 aromatic heterocycles. The van der Waals surface area contributed by atoms with Crippen LogP contribution < -0.4 is 10.9 Å². The molecule has 1 aromatic carbocycles. The van der Waals surface area contributed by atoms with Crippen LogP contribution in [0.15, 0.2) is 47.4 Å². The second-order valence-corrected chi connectivity index (χ2v) is 5.44. The maximum Gasteiger partial charge on any atom is 0.263 e. The SMILES string of the molecule is O=C(Nc1ccc(F)cn1)c1cc2cccc3c2n(c1=O)CC3. The van der Waals surface area contributed by atoms with Gasteiger partial charge < -0.3 is 9.88 Å². The second-order valence-electron chi connectivity index (χ2n) is 5.44. The summed E-state index contributed by atoms with van der Waals surface area (Å²) in [4.78, 5) is 28.7. The van der Waals surface area contributed by atoms with Crippen LogP contribution >= 0.6 is 0 Å². The Labute approximate surface area is 130 Å². The average Bonchev–Trinajstić information content (AvgIpc) is 2.99. The molecule has 3 aromatic rings. The van der Waals surface area contributed by atoms with E-state index >= 15 is 0 Å². The fourth-order valence-electron chi connectivity index (χ4n) is 2.96.